The third-order valence-corrected chi connectivity index (χ3v) is 6.36. The molecule has 0 unspecified atom stereocenters. The summed E-state index contributed by atoms with van der Waals surface area (Å²) < 4.78 is 17.6. The molecule has 1 aromatic rings. The van der Waals surface area contributed by atoms with Gasteiger partial charge in [0.1, 0.15) is 11.3 Å². The lowest BCUT2D eigenvalue weighted by atomic mass is 10.1. The van der Waals surface area contributed by atoms with Crippen LogP contribution < -0.4 is 4.74 Å². The van der Waals surface area contributed by atoms with Crippen molar-refractivity contribution in [2.75, 3.05) is 19.4 Å². The van der Waals surface area contributed by atoms with Crippen LogP contribution in [0, 0.1) is 0 Å². The zero-order chi connectivity index (χ0) is 13.8. The maximum Gasteiger partial charge on any atom is 0.339 e. The smallest absolute Gasteiger partial charge is 0.339 e. The van der Waals surface area contributed by atoms with E-state index in [1.54, 1.807) is 12.1 Å². The Labute approximate surface area is 107 Å². The maximum atomic E-state index is 12.5. The van der Waals surface area contributed by atoms with Crippen molar-refractivity contribution < 1.29 is 19.2 Å². The molecule has 0 bridgehead atoms. The highest BCUT2D eigenvalue weighted by Gasteiger charge is 2.22. The molecule has 0 aromatic heterocycles. The average Bonchev–Trinajstić information content (AvgIpc) is 2.38. The van der Waals surface area contributed by atoms with Crippen molar-refractivity contribution in [1.29, 1.82) is 0 Å². The van der Waals surface area contributed by atoms with Gasteiger partial charge in [0.25, 0.3) is 0 Å². The molecule has 1 aromatic carbocycles. The molecule has 1 rings (SSSR count). The van der Waals surface area contributed by atoms with Crippen molar-refractivity contribution in [1.82, 2.24) is 0 Å². The molecule has 5 heteroatoms. The van der Waals surface area contributed by atoms with Crippen molar-refractivity contribution >= 4 is 13.1 Å². The molecule has 0 spiro atoms. The van der Waals surface area contributed by atoms with Crippen molar-refractivity contribution in [3.05, 3.63) is 29.3 Å². The lowest BCUT2D eigenvalue weighted by Gasteiger charge is -2.17. The van der Waals surface area contributed by atoms with Crippen LogP contribution in [0.25, 0.3) is 0 Å². The lowest BCUT2D eigenvalue weighted by molar-refractivity contribution is 0.0693. The normalized spacial score (nSPS) is 11.3. The molecule has 0 aliphatic heterocycles. The minimum Gasteiger partial charge on any atom is -0.496 e. The van der Waals surface area contributed by atoms with Crippen molar-refractivity contribution in [3.8, 4) is 5.75 Å². The molecule has 100 valence electrons. The summed E-state index contributed by atoms with van der Waals surface area (Å²) in [6.07, 6.45) is 1.62. The predicted octanol–water partition coefficient (Wildman–Crippen LogP) is 3.30. The van der Waals surface area contributed by atoms with E-state index in [4.69, 9.17) is 9.84 Å². The standard InChI is InChI=1S/C13H19O4P/c1-4-18(16,5-2)9-10-7-6-8-11(13(14)15)12(10)17-3/h6-8H,4-5,9H2,1-3H3,(H,14,15). The summed E-state index contributed by atoms with van der Waals surface area (Å²) in [5.74, 6) is -0.705. The molecule has 0 radical (unpaired) electrons. The first kappa shape index (κ1) is 14.8. The molecular weight excluding hydrogens is 251 g/mol. The van der Waals surface area contributed by atoms with Gasteiger partial charge in [0.2, 0.25) is 0 Å². The Kier molecular flexibility index (Phi) is 4.97. The summed E-state index contributed by atoms with van der Waals surface area (Å²) in [5, 5.41) is 9.08. The summed E-state index contributed by atoms with van der Waals surface area (Å²) in [6.45, 7) is 3.80. The first-order valence-corrected chi connectivity index (χ1v) is 8.20. The first-order chi connectivity index (χ1) is 8.47. The minimum atomic E-state index is -2.27. The molecule has 0 amide bonds. The van der Waals surface area contributed by atoms with Crippen molar-refractivity contribution in [3.63, 3.8) is 0 Å². The van der Waals surface area contributed by atoms with E-state index >= 15 is 0 Å². The second kappa shape index (κ2) is 6.05. The quantitative estimate of drug-likeness (QED) is 0.805. The second-order valence-electron chi connectivity index (χ2n) is 4.15. The molecular formula is C13H19O4P. The average molecular weight is 270 g/mol. The topological polar surface area (TPSA) is 63.6 Å². The maximum absolute atomic E-state index is 12.5. The van der Waals surface area contributed by atoms with Crippen LogP contribution in [-0.4, -0.2) is 30.5 Å². The number of hydrogen-bond acceptors (Lipinski definition) is 3. The van der Waals surface area contributed by atoms with E-state index in [9.17, 15) is 9.36 Å². The summed E-state index contributed by atoms with van der Waals surface area (Å²) >= 11 is 0. The van der Waals surface area contributed by atoms with Gasteiger partial charge in [-0.3, -0.25) is 0 Å². The molecule has 0 fully saturated rings. The highest BCUT2D eigenvalue weighted by atomic mass is 31.2. The SMILES string of the molecule is CCP(=O)(CC)Cc1cccc(C(=O)O)c1OC. The van der Waals surface area contributed by atoms with E-state index in [1.807, 2.05) is 13.8 Å². The van der Waals surface area contributed by atoms with Crippen LogP contribution in [-0.2, 0) is 10.7 Å². The molecule has 0 heterocycles. The Morgan fingerprint density at radius 1 is 1.33 bits per heavy atom. The molecule has 0 aliphatic carbocycles. The Hall–Kier alpha value is -1.28. The van der Waals surface area contributed by atoms with Gasteiger partial charge in [0.15, 0.2) is 0 Å². The Morgan fingerprint density at radius 2 is 1.94 bits per heavy atom. The highest BCUT2D eigenvalue weighted by molar-refractivity contribution is 7.63. The first-order valence-electron chi connectivity index (χ1n) is 5.93. The number of methoxy groups -OCH3 is 1. The van der Waals surface area contributed by atoms with Crippen LogP contribution in [0.3, 0.4) is 0 Å². The van der Waals surface area contributed by atoms with E-state index in [0.717, 1.165) is 0 Å². The monoisotopic (exact) mass is 270 g/mol. The zero-order valence-corrected chi connectivity index (χ0v) is 11.9. The fraction of sp³-hybridized carbons (Fsp3) is 0.462. The summed E-state index contributed by atoms with van der Waals surface area (Å²) in [4.78, 5) is 11.1. The molecule has 1 N–H and O–H groups in total. The number of carboxylic acid groups (broad SMARTS) is 1. The van der Waals surface area contributed by atoms with Gasteiger partial charge in [0, 0.05) is 11.7 Å². The molecule has 0 saturated heterocycles. The van der Waals surface area contributed by atoms with Gasteiger partial charge < -0.3 is 14.4 Å². The van der Waals surface area contributed by atoms with Crippen LogP contribution in [0.4, 0.5) is 0 Å². The van der Waals surface area contributed by atoms with Crippen molar-refractivity contribution in [2.24, 2.45) is 0 Å². The van der Waals surface area contributed by atoms with Gasteiger partial charge in [-0.15, -0.1) is 0 Å². The van der Waals surface area contributed by atoms with E-state index in [-0.39, 0.29) is 5.56 Å². The Bertz CT molecular complexity index is 474. The largest absolute Gasteiger partial charge is 0.496 e. The van der Waals surface area contributed by atoms with Gasteiger partial charge in [-0.1, -0.05) is 26.0 Å². The lowest BCUT2D eigenvalue weighted by Crippen LogP contribution is -2.04. The van der Waals surface area contributed by atoms with Crippen LogP contribution in [0.2, 0.25) is 0 Å². The number of para-hydroxylation sites is 1. The second-order valence-corrected chi connectivity index (χ2v) is 7.85. The number of aromatic carboxylic acids is 1. The molecule has 18 heavy (non-hydrogen) atoms. The fourth-order valence-electron chi connectivity index (χ4n) is 1.88. The summed E-state index contributed by atoms with van der Waals surface area (Å²) in [5.41, 5.74) is 0.832. The number of carboxylic acids is 1. The minimum absolute atomic E-state index is 0.119. The van der Waals surface area contributed by atoms with Crippen LogP contribution >= 0.6 is 7.14 Å². The van der Waals surface area contributed by atoms with Crippen LogP contribution in [0.1, 0.15) is 29.8 Å². The van der Waals surface area contributed by atoms with Crippen molar-refractivity contribution in [2.45, 2.75) is 20.0 Å². The van der Waals surface area contributed by atoms with E-state index in [0.29, 0.717) is 29.8 Å². The predicted molar refractivity (Wildman–Crippen MR) is 72.3 cm³/mol. The van der Waals surface area contributed by atoms with Gasteiger partial charge in [-0.05, 0) is 18.4 Å². The molecule has 0 atom stereocenters. The van der Waals surface area contributed by atoms with E-state index in [2.05, 4.69) is 0 Å². The molecule has 0 saturated carbocycles. The number of benzene rings is 1. The van der Waals surface area contributed by atoms with E-state index < -0.39 is 13.1 Å². The highest BCUT2D eigenvalue weighted by Crippen LogP contribution is 2.49. The number of ether oxygens (including phenoxy) is 1. The summed E-state index contributed by atoms with van der Waals surface area (Å²) in [6, 6.07) is 4.94. The molecule has 4 nitrogen and oxygen atoms in total. The Morgan fingerprint density at radius 3 is 2.39 bits per heavy atom. The zero-order valence-electron chi connectivity index (χ0n) is 11.0. The van der Waals surface area contributed by atoms with Gasteiger partial charge in [-0.25, -0.2) is 4.79 Å². The van der Waals surface area contributed by atoms with Gasteiger partial charge in [-0.2, -0.15) is 0 Å². The third-order valence-electron chi connectivity index (χ3n) is 3.14. The molecule has 0 aliphatic rings. The van der Waals surface area contributed by atoms with Crippen LogP contribution in [0.15, 0.2) is 18.2 Å². The number of carbonyl (C=O) groups is 1. The van der Waals surface area contributed by atoms with Gasteiger partial charge >= 0.3 is 5.97 Å². The number of rotatable bonds is 6. The fourth-order valence-corrected chi connectivity index (χ4v) is 3.64. The van der Waals surface area contributed by atoms with Gasteiger partial charge in [0.05, 0.1) is 14.3 Å². The number of hydrogen-bond donors (Lipinski definition) is 1. The summed E-state index contributed by atoms with van der Waals surface area (Å²) in [7, 11) is -0.828. The third kappa shape index (κ3) is 3.14. The Balaban J connectivity index is 3.21. The van der Waals surface area contributed by atoms with E-state index in [1.165, 1.54) is 13.2 Å². The van der Waals surface area contributed by atoms with Crippen LogP contribution in [0.5, 0.6) is 5.75 Å².